The lowest BCUT2D eigenvalue weighted by Gasteiger charge is -2.45. The first-order chi connectivity index (χ1) is 15.4. The van der Waals surface area contributed by atoms with E-state index in [0.717, 1.165) is 24.5 Å². The predicted molar refractivity (Wildman–Crippen MR) is 121 cm³/mol. The van der Waals surface area contributed by atoms with E-state index in [1.54, 1.807) is 0 Å². The van der Waals surface area contributed by atoms with Crippen molar-refractivity contribution in [3.63, 3.8) is 0 Å². The number of sulfone groups is 2. The van der Waals surface area contributed by atoms with Crippen LogP contribution >= 0.6 is 11.6 Å². The first-order valence-corrected chi connectivity index (χ1v) is 13.9. The van der Waals surface area contributed by atoms with Gasteiger partial charge in [-0.15, -0.1) is 0 Å². The minimum Gasteiger partial charge on any atom is -0.349 e. The minimum absolute atomic E-state index is 0.0284. The van der Waals surface area contributed by atoms with Gasteiger partial charge in [0.25, 0.3) is 5.91 Å². The SMILES string of the molecule is CC(C)(C1CC(NC(=O)c2ccc(S(C)(=O)=O)cc2Cl)C1)S(=O)(=O)c1cccc(C(F)(F)F)c1. The van der Waals surface area contributed by atoms with E-state index in [4.69, 9.17) is 11.6 Å². The second-order valence-corrected chi connectivity index (χ2v) is 13.8. The number of halogens is 4. The Morgan fingerprint density at radius 1 is 1.00 bits per heavy atom. The number of hydrogen-bond donors (Lipinski definition) is 1. The molecule has 1 saturated carbocycles. The number of hydrogen-bond acceptors (Lipinski definition) is 5. The molecule has 0 aliphatic heterocycles. The molecule has 1 aliphatic rings. The monoisotopic (exact) mass is 537 g/mol. The van der Waals surface area contributed by atoms with Crippen molar-refractivity contribution in [2.24, 2.45) is 5.92 Å². The van der Waals surface area contributed by atoms with E-state index in [1.165, 1.54) is 32.0 Å². The molecule has 3 rings (SSSR count). The van der Waals surface area contributed by atoms with Crippen molar-refractivity contribution in [1.82, 2.24) is 5.32 Å². The molecule has 0 bridgehead atoms. The van der Waals surface area contributed by atoms with Gasteiger partial charge in [0, 0.05) is 12.3 Å². The maximum atomic E-state index is 13.2. The standard InChI is InChI=1S/C22H23ClF3NO5S2/c1-21(2,34(31,32)17-6-4-5-13(11-17)22(24,25)26)14-9-15(10-14)27-20(28)18-8-7-16(12-19(18)23)33(3,29)30/h4-8,11-12,14-15H,9-10H2,1-3H3,(H,27,28). The van der Waals surface area contributed by atoms with Crippen LogP contribution in [0.4, 0.5) is 13.2 Å². The number of amides is 1. The molecule has 0 atom stereocenters. The number of rotatable bonds is 6. The summed E-state index contributed by atoms with van der Waals surface area (Å²) < 4.78 is 87.3. The van der Waals surface area contributed by atoms with Crippen LogP contribution in [0.2, 0.25) is 5.02 Å². The molecule has 0 heterocycles. The molecule has 1 aliphatic carbocycles. The van der Waals surface area contributed by atoms with Crippen LogP contribution in [0.25, 0.3) is 0 Å². The fraction of sp³-hybridized carbons (Fsp3) is 0.409. The minimum atomic E-state index is -4.66. The highest BCUT2D eigenvalue weighted by Gasteiger charge is 2.49. The summed E-state index contributed by atoms with van der Waals surface area (Å²) >= 11 is 6.06. The predicted octanol–water partition coefficient (Wildman–Crippen LogP) is 4.52. The molecule has 2 aromatic carbocycles. The molecule has 2 aromatic rings. The van der Waals surface area contributed by atoms with Crippen LogP contribution in [0, 0.1) is 5.92 Å². The highest BCUT2D eigenvalue weighted by atomic mass is 35.5. The molecule has 6 nitrogen and oxygen atoms in total. The van der Waals surface area contributed by atoms with Crippen LogP contribution in [-0.2, 0) is 25.9 Å². The van der Waals surface area contributed by atoms with Gasteiger partial charge in [-0.3, -0.25) is 4.79 Å². The van der Waals surface area contributed by atoms with Crippen molar-refractivity contribution >= 4 is 37.2 Å². The lowest BCUT2D eigenvalue weighted by Crippen LogP contribution is -2.53. The Morgan fingerprint density at radius 2 is 1.62 bits per heavy atom. The van der Waals surface area contributed by atoms with E-state index in [1.807, 2.05) is 0 Å². The number of benzene rings is 2. The maximum absolute atomic E-state index is 13.2. The molecule has 186 valence electrons. The summed E-state index contributed by atoms with van der Waals surface area (Å²) in [6, 6.07) is 7.04. The fourth-order valence-corrected chi connectivity index (χ4v) is 6.60. The quantitative estimate of drug-likeness (QED) is 0.584. The summed E-state index contributed by atoms with van der Waals surface area (Å²) in [4.78, 5) is 12.1. The van der Waals surface area contributed by atoms with Gasteiger partial charge in [0.1, 0.15) is 0 Å². The zero-order valence-corrected chi connectivity index (χ0v) is 20.9. The van der Waals surface area contributed by atoms with Crippen molar-refractivity contribution in [3.8, 4) is 0 Å². The van der Waals surface area contributed by atoms with Crippen molar-refractivity contribution in [2.75, 3.05) is 6.26 Å². The van der Waals surface area contributed by atoms with Crippen LogP contribution in [0.15, 0.2) is 52.3 Å². The third-order valence-electron chi connectivity index (χ3n) is 6.23. The molecule has 0 spiro atoms. The van der Waals surface area contributed by atoms with Gasteiger partial charge in [0.15, 0.2) is 19.7 Å². The number of nitrogens with one attached hydrogen (secondary N) is 1. The Morgan fingerprint density at radius 3 is 2.15 bits per heavy atom. The zero-order chi connectivity index (χ0) is 25.7. The van der Waals surface area contributed by atoms with E-state index >= 15 is 0 Å². The van der Waals surface area contributed by atoms with Gasteiger partial charge < -0.3 is 5.32 Å². The molecule has 34 heavy (non-hydrogen) atoms. The smallest absolute Gasteiger partial charge is 0.349 e. The fourth-order valence-electron chi connectivity index (χ4n) is 3.84. The van der Waals surface area contributed by atoms with Gasteiger partial charge in [-0.05, 0) is 69.0 Å². The molecule has 0 radical (unpaired) electrons. The highest BCUT2D eigenvalue weighted by molar-refractivity contribution is 7.92. The van der Waals surface area contributed by atoms with Crippen LogP contribution in [0.1, 0.15) is 42.6 Å². The largest absolute Gasteiger partial charge is 0.416 e. The highest BCUT2D eigenvalue weighted by Crippen LogP contribution is 2.44. The second kappa shape index (κ2) is 8.83. The van der Waals surface area contributed by atoms with E-state index in [9.17, 15) is 34.8 Å². The van der Waals surface area contributed by atoms with Crippen molar-refractivity contribution in [1.29, 1.82) is 0 Å². The molecule has 0 saturated heterocycles. The summed E-state index contributed by atoms with van der Waals surface area (Å²) in [5.74, 6) is -0.938. The Bertz CT molecular complexity index is 1330. The lowest BCUT2D eigenvalue weighted by atomic mass is 9.73. The van der Waals surface area contributed by atoms with E-state index < -0.39 is 52.9 Å². The van der Waals surface area contributed by atoms with Crippen LogP contribution in [0.3, 0.4) is 0 Å². The lowest BCUT2D eigenvalue weighted by molar-refractivity contribution is -0.137. The Balaban J connectivity index is 1.70. The Hall–Kier alpha value is -2.11. The second-order valence-electron chi connectivity index (χ2n) is 8.89. The molecule has 0 aromatic heterocycles. The van der Waals surface area contributed by atoms with E-state index in [0.29, 0.717) is 18.9 Å². The van der Waals surface area contributed by atoms with E-state index in [-0.39, 0.29) is 21.5 Å². The van der Waals surface area contributed by atoms with Crippen molar-refractivity contribution in [3.05, 3.63) is 58.6 Å². The summed E-state index contributed by atoms with van der Waals surface area (Å²) in [6.07, 6.45) is -3.05. The van der Waals surface area contributed by atoms with Crippen molar-refractivity contribution < 1.29 is 34.8 Å². The first kappa shape index (κ1) is 26.5. The average Bonchev–Trinajstić information content (AvgIpc) is 2.68. The van der Waals surface area contributed by atoms with Crippen LogP contribution in [0.5, 0.6) is 0 Å². The number of carbonyl (C=O) groups excluding carboxylic acids is 1. The van der Waals surface area contributed by atoms with Crippen LogP contribution in [-0.4, -0.2) is 39.8 Å². The number of alkyl halides is 3. The first-order valence-electron chi connectivity index (χ1n) is 10.2. The van der Waals surface area contributed by atoms with Crippen LogP contribution < -0.4 is 5.32 Å². The Labute approximate surface area is 201 Å². The van der Waals surface area contributed by atoms with Gasteiger partial charge >= 0.3 is 6.18 Å². The summed E-state index contributed by atoms with van der Waals surface area (Å²) in [6.45, 7) is 2.93. The summed E-state index contributed by atoms with van der Waals surface area (Å²) in [7, 11) is -7.59. The number of carbonyl (C=O) groups is 1. The van der Waals surface area contributed by atoms with Gasteiger partial charge in [0.2, 0.25) is 0 Å². The topological polar surface area (TPSA) is 97.4 Å². The third kappa shape index (κ3) is 5.11. The maximum Gasteiger partial charge on any atom is 0.416 e. The molecule has 1 fully saturated rings. The molecule has 1 amide bonds. The molecular weight excluding hydrogens is 515 g/mol. The van der Waals surface area contributed by atoms with Crippen molar-refractivity contribution in [2.45, 2.75) is 53.4 Å². The molecular formula is C22H23ClF3NO5S2. The molecule has 0 unspecified atom stereocenters. The normalized spacial score (nSPS) is 19.4. The summed E-state index contributed by atoms with van der Waals surface area (Å²) in [5.41, 5.74) is -0.963. The Kier molecular flexibility index (Phi) is 6.88. The molecule has 1 N–H and O–H groups in total. The van der Waals surface area contributed by atoms with Gasteiger partial charge in [-0.1, -0.05) is 17.7 Å². The van der Waals surface area contributed by atoms with Gasteiger partial charge in [-0.2, -0.15) is 13.2 Å². The summed E-state index contributed by atoms with van der Waals surface area (Å²) in [5, 5.41) is 2.70. The zero-order valence-electron chi connectivity index (χ0n) is 18.5. The van der Waals surface area contributed by atoms with Gasteiger partial charge in [0.05, 0.1) is 30.7 Å². The van der Waals surface area contributed by atoms with Gasteiger partial charge in [-0.25, -0.2) is 16.8 Å². The van der Waals surface area contributed by atoms with E-state index in [2.05, 4.69) is 5.32 Å². The third-order valence-corrected chi connectivity index (χ3v) is 10.3. The average molecular weight is 538 g/mol. The molecule has 12 heteroatoms.